The van der Waals surface area contributed by atoms with E-state index in [1.54, 1.807) is 48.5 Å². The topological polar surface area (TPSA) is 101 Å². The maximum Gasteiger partial charge on any atom is 0.366 e. The number of nitrogens with zero attached hydrogens (tertiary/aromatic N) is 5. The minimum atomic E-state index is -0.382. The Balaban J connectivity index is 1.37. The Labute approximate surface area is 186 Å². The van der Waals surface area contributed by atoms with E-state index in [4.69, 9.17) is 4.42 Å². The van der Waals surface area contributed by atoms with E-state index in [-0.39, 0.29) is 5.91 Å². The van der Waals surface area contributed by atoms with E-state index in [0.717, 1.165) is 23.1 Å². The minimum absolute atomic E-state index is 0.344. The maximum atomic E-state index is 12.9. The molecule has 166 valence electrons. The fourth-order valence-electron chi connectivity index (χ4n) is 3.71. The number of fused-ring (bicyclic) bond motifs is 1. The number of carbonyl (C=O) groups excluding carboxylic acids is 1. The van der Waals surface area contributed by atoms with Crippen molar-refractivity contribution in [3.8, 4) is 11.5 Å². The van der Waals surface area contributed by atoms with E-state index in [9.17, 15) is 10.0 Å². The van der Waals surface area contributed by atoms with Gasteiger partial charge in [-0.15, -0.1) is 15.0 Å². The van der Waals surface area contributed by atoms with E-state index >= 15 is 0 Å². The standard InChI is InChI=1S/C24H27N5O3/c1-2-3-4-5-6-7-8-13-22-25-26-23(32-22)18-14-16-19(17-15-18)24(30)28-20-11-9-10-12-21(20)29(31)27-28/h9-12,14-17H,2-8,13H2,1H3. The first-order chi connectivity index (χ1) is 15.7. The maximum absolute atomic E-state index is 12.9. The van der Waals surface area contributed by atoms with Gasteiger partial charge in [0.1, 0.15) is 5.21 Å². The van der Waals surface area contributed by atoms with Gasteiger partial charge in [-0.25, -0.2) is 4.79 Å². The van der Waals surface area contributed by atoms with Crippen molar-refractivity contribution in [1.82, 2.24) is 20.1 Å². The molecular weight excluding hydrogens is 406 g/mol. The van der Waals surface area contributed by atoms with Crippen LogP contribution in [-0.2, 0) is 6.42 Å². The van der Waals surface area contributed by atoms with Gasteiger partial charge in [-0.3, -0.25) is 0 Å². The number of carbonyl (C=O) groups is 1. The van der Waals surface area contributed by atoms with Crippen molar-refractivity contribution in [2.75, 3.05) is 0 Å². The zero-order valence-electron chi connectivity index (χ0n) is 18.2. The highest BCUT2D eigenvalue weighted by Crippen LogP contribution is 2.20. The molecule has 2 heterocycles. The van der Waals surface area contributed by atoms with Gasteiger partial charge < -0.3 is 9.62 Å². The van der Waals surface area contributed by atoms with Crippen LogP contribution in [0.3, 0.4) is 0 Å². The van der Waals surface area contributed by atoms with Crippen LogP contribution in [0.1, 0.15) is 68.1 Å². The zero-order chi connectivity index (χ0) is 22.3. The molecule has 8 nitrogen and oxygen atoms in total. The summed E-state index contributed by atoms with van der Waals surface area (Å²) in [7, 11) is 0. The molecule has 32 heavy (non-hydrogen) atoms. The van der Waals surface area contributed by atoms with Crippen molar-refractivity contribution in [3.05, 3.63) is 65.2 Å². The molecule has 4 aromatic rings. The lowest BCUT2D eigenvalue weighted by Gasteiger charge is -1.99. The van der Waals surface area contributed by atoms with E-state index in [1.165, 1.54) is 38.5 Å². The first kappa shape index (κ1) is 21.7. The third kappa shape index (κ3) is 4.85. The molecule has 2 aromatic carbocycles. The lowest BCUT2D eigenvalue weighted by molar-refractivity contribution is -0.645. The molecule has 8 heteroatoms. The minimum Gasteiger partial charge on any atom is -0.691 e. The molecule has 0 radical (unpaired) electrons. The van der Waals surface area contributed by atoms with Crippen LogP contribution in [-0.4, -0.2) is 26.0 Å². The van der Waals surface area contributed by atoms with Crippen molar-refractivity contribution >= 4 is 16.9 Å². The monoisotopic (exact) mass is 433 g/mol. The second-order valence-corrected chi connectivity index (χ2v) is 7.92. The van der Waals surface area contributed by atoms with E-state index in [0.29, 0.717) is 33.2 Å². The van der Waals surface area contributed by atoms with Gasteiger partial charge in [-0.2, -0.15) is 0 Å². The molecule has 0 bridgehead atoms. The summed E-state index contributed by atoms with van der Waals surface area (Å²) in [4.78, 5) is 13.3. The molecule has 0 aliphatic heterocycles. The first-order valence-electron chi connectivity index (χ1n) is 11.2. The number of rotatable bonds is 10. The first-order valence-corrected chi connectivity index (χ1v) is 11.2. The van der Waals surface area contributed by atoms with Crippen LogP contribution in [0.5, 0.6) is 0 Å². The Morgan fingerprint density at radius 2 is 1.69 bits per heavy atom. The largest absolute Gasteiger partial charge is 0.691 e. The lowest BCUT2D eigenvalue weighted by Crippen LogP contribution is -2.31. The fraction of sp³-hybridized carbons (Fsp3) is 0.375. The second-order valence-electron chi connectivity index (χ2n) is 7.92. The molecule has 2 aromatic heterocycles. The van der Waals surface area contributed by atoms with Crippen LogP contribution < -0.4 is 4.85 Å². The SMILES string of the molecule is CCCCCCCCCc1nnc(-c2ccc(C(=O)n3n[n+]([O-])c4ccccc43)cc2)o1. The van der Waals surface area contributed by atoms with Gasteiger partial charge in [0.05, 0.1) is 5.56 Å². The Morgan fingerprint density at radius 3 is 2.47 bits per heavy atom. The van der Waals surface area contributed by atoms with E-state index < -0.39 is 0 Å². The number of para-hydroxylation sites is 2. The third-order valence-electron chi connectivity index (χ3n) is 5.52. The van der Waals surface area contributed by atoms with E-state index in [2.05, 4.69) is 22.3 Å². The summed E-state index contributed by atoms with van der Waals surface area (Å²) in [5.41, 5.74) is 1.95. The second kappa shape index (κ2) is 10.2. The average molecular weight is 434 g/mol. The molecule has 0 fully saturated rings. The zero-order valence-corrected chi connectivity index (χ0v) is 18.2. The number of aryl methyl sites for hydroxylation is 1. The normalized spacial score (nSPS) is 11.3. The molecule has 0 aliphatic carbocycles. The van der Waals surface area contributed by atoms with Crippen LogP contribution in [0.15, 0.2) is 52.9 Å². The van der Waals surface area contributed by atoms with Crippen LogP contribution in [0.2, 0.25) is 0 Å². The Bertz CT molecular complexity index is 1180. The number of aromatic nitrogens is 5. The van der Waals surface area contributed by atoms with Gasteiger partial charge in [0.25, 0.3) is 0 Å². The average Bonchev–Trinajstić information content (AvgIpc) is 3.43. The van der Waals surface area contributed by atoms with Crippen LogP contribution in [0.4, 0.5) is 0 Å². The van der Waals surface area contributed by atoms with Crippen LogP contribution in [0, 0.1) is 5.21 Å². The predicted molar refractivity (Wildman–Crippen MR) is 120 cm³/mol. The lowest BCUT2D eigenvalue weighted by atomic mass is 10.1. The van der Waals surface area contributed by atoms with Crippen molar-refractivity contribution in [2.45, 2.75) is 58.3 Å². The van der Waals surface area contributed by atoms with Crippen LogP contribution in [0.25, 0.3) is 22.5 Å². The molecule has 0 aliphatic rings. The summed E-state index contributed by atoms with van der Waals surface area (Å²) in [5.74, 6) is 0.688. The van der Waals surface area contributed by atoms with Crippen molar-refractivity contribution in [2.24, 2.45) is 0 Å². The molecule has 0 amide bonds. The molecule has 0 saturated carbocycles. The highest BCUT2D eigenvalue weighted by molar-refractivity contribution is 5.99. The van der Waals surface area contributed by atoms with Crippen molar-refractivity contribution < 1.29 is 14.1 Å². The van der Waals surface area contributed by atoms with Crippen molar-refractivity contribution in [3.63, 3.8) is 0 Å². The van der Waals surface area contributed by atoms with Crippen molar-refractivity contribution in [1.29, 1.82) is 0 Å². The summed E-state index contributed by atoms with van der Waals surface area (Å²) in [6, 6.07) is 13.7. The molecule has 4 rings (SSSR count). The molecule has 0 atom stereocenters. The van der Waals surface area contributed by atoms with Gasteiger partial charge in [-0.1, -0.05) is 62.3 Å². The number of unbranched alkanes of at least 4 members (excludes halogenated alkanes) is 6. The summed E-state index contributed by atoms with van der Waals surface area (Å²) in [5, 5.41) is 24.0. The Morgan fingerprint density at radius 1 is 0.969 bits per heavy atom. The number of benzene rings is 2. The third-order valence-corrected chi connectivity index (χ3v) is 5.52. The van der Waals surface area contributed by atoms with Gasteiger partial charge in [0.2, 0.25) is 22.8 Å². The predicted octanol–water partition coefficient (Wildman–Crippen LogP) is 4.70. The highest BCUT2D eigenvalue weighted by Gasteiger charge is 2.22. The molecular formula is C24H27N5O3. The highest BCUT2D eigenvalue weighted by atomic mass is 16.5. The Hall–Kier alpha value is -3.55. The van der Waals surface area contributed by atoms with Crippen LogP contribution >= 0.6 is 0 Å². The summed E-state index contributed by atoms with van der Waals surface area (Å²) in [6.45, 7) is 2.22. The molecule has 0 N–H and O–H groups in total. The number of hydrogen-bond acceptors (Lipinski definition) is 6. The summed E-state index contributed by atoms with van der Waals surface area (Å²) in [6.07, 6.45) is 9.41. The summed E-state index contributed by atoms with van der Waals surface area (Å²) >= 11 is 0. The molecule has 0 unspecified atom stereocenters. The Kier molecular flexibility index (Phi) is 6.89. The molecule has 0 spiro atoms. The number of hydrogen-bond donors (Lipinski definition) is 0. The van der Waals surface area contributed by atoms with E-state index in [1.807, 2.05) is 0 Å². The van der Waals surface area contributed by atoms with Gasteiger partial charge >= 0.3 is 5.91 Å². The van der Waals surface area contributed by atoms with Gasteiger partial charge in [0.15, 0.2) is 0 Å². The molecule has 0 saturated heterocycles. The fourth-order valence-corrected chi connectivity index (χ4v) is 3.71. The van der Waals surface area contributed by atoms with Gasteiger partial charge in [-0.05, 0) is 42.8 Å². The van der Waals surface area contributed by atoms with Gasteiger partial charge in [0, 0.05) is 12.0 Å². The smallest absolute Gasteiger partial charge is 0.366 e. The quantitative estimate of drug-likeness (QED) is 0.204. The summed E-state index contributed by atoms with van der Waals surface area (Å²) < 4.78 is 6.91.